The van der Waals surface area contributed by atoms with Crippen molar-refractivity contribution >= 4 is 17.8 Å². The highest BCUT2D eigenvalue weighted by atomic mass is 16.5. The van der Waals surface area contributed by atoms with E-state index >= 15 is 0 Å². The van der Waals surface area contributed by atoms with Crippen LogP contribution in [0.25, 0.3) is 0 Å². The average molecular weight is 574 g/mol. The average Bonchev–Trinajstić information content (AvgIpc) is 3.00. The van der Waals surface area contributed by atoms with Gasteiger partial charge in [-0.3, -0.25) is 4.79 Å². The molecule has 0 radical (unpaired) electrons. The summed E-state index contributed by atoms with van der Waals surface area (Å²) in [6, 6.07) is 17.9. The first-order valence-electron chi connectivity index (χ1n) is 14.9. The monoisotopic (exact) mass is 573 g/mol. The molecule has 0 bridgehead atoms. The Morgan fingerprint density at radius 2 is 1.76 bits per heavy atom. The van der Waals surface area contributed by atoms with Crippen molar-refractivity contribution in [3.63, 3.8) is 0 Å². The Morgan fingerprint density at radius 1 is 1.05 bits per heavy atom. The third kappa shape index (κ3) is 8.28. The first kappa shape index (κ1) is 31.0. The Hall–Kier alpha value is -3.98. The molecule has 42 heavy (non-hydrogen) atoms. The van der Waals surface area contributed by atoms with E-state index in [1.165, 1.54) is 6.20 Å². The van der Waals surface area contributed by atoms with Crippen LogP contribution in [-0.2, 0) is 24.1 Å². The lowest BCUT2D eigenvalue weighted by Gasteiger charge is -2.41. The maximum Gasteiger partial charge on any atom is 0.339 e. The zero-order valence-corrected chi connectivity index (χ0v) is 24.7. The van der Waals surface area contributed by atoms with Gasteiger partial charge in [0.15, 0.2) is 0 Å². The number of piperidine rings is 1. The number of nitrogens with zero attached hydrogens (tertiary/aromatic N) is 3. The topological polar surface area (TPSA) is 131 Å². The largest absolute Gasteiger partial charge is 0.492 e. The Bertz CT molecular complexity index is 1310. The van der Waals surface area contributed by atoms with Gasteiger partial charge >= 0.3 is 5.97 Å². The highest BCUT2D eigenvalue weighted by molar-refractivity contribution is 5.88. The van der Waals surface area contributed by atoms with Crippen LogP contribution in [0, 0.1) is 11.3 Å². The van der Waals surface area contributed by atoms with E-state index in [4.69, 9.17) is 15.5 Å². The number of amides is 1. The smallest absolute Gasteiger partial charge is 0.339 e. The van der Waals surface area contributed by atoms with Crippen molar-refractivity contribution in [1.29, 1.82) is 0 Å². The second-order valence-electron chi connectivity index (χ2n) is 11.5. The van der Waals surface area contributed by atoms with Crippen LogP contribution in [0.5, 0.6) is 5.75 Å². The number of carboxylic acids is 1. The van der Waals surface area contributed by atoms with Gasteiger partial charge in [0.2, 0.25) is 11.9 Å². The summed E-state index contributed by atoms with van der Waals surface area (Å²) in [6.45, 7) is 7.11. The highest BCUT2D eigenvalue weighted by Gasteiger charge is 2.41. The molecule has 1 aliphatic heterocycles. The molecule has 0 spiro atoms. The molecule has 1 saturated heterocycles. The number of hydrogen-bond acceptors (Lipinski definition) is 7. The van der Waals surface area contributed by atoms with Gasteiger partial charge in [-0.2, -0.15) is 0 Å². The number of aryl methyl sites for hydroxylation is 2. The Kier molecular flexibility index (Phi) is 10.9. The molecule has 0 saturated carbocycles. The number of hydrogen-bond donors (Lipinski definition) is 3. The quantitative estimate of drug-likeness (QED) is 0.260. The number of anilines is 1. The van der Waals surface area contributed by atoms with Crippen molar-refractivity contribution in [3.8, 4) is 5.75 Å². The van der Waals surface area contributed by atoms with E-state index in [2.05, 4.69) is 41.2 Å². The van der Waals surface area contributed by atoms with Crippen LogP contribution in [0.15, 0.2) is 60.8 Å². The molecule has 9 heteroatoms. The maximum atomic E-state index is 13.6. The number of nitrogens with two attached hydrogens (primary N) is 1. The molecule has 0 unspecified atom stereocenters. The number of carbonyl (C=O) groups is 2. The number of rotatable bonds is 14. The molecule has 1 fully saturated rings. The molecule has 1 aliphatic rings. The van der Waals surface area contributed by atoms with Gasteiger partial charge in [-0.1, -0.05) is 56.3 Å². The third-order valence-corrected chi connectivity index (χ3v) is 7.92. The predicted octanol–water partition coefficient (Wildman–Crippen LogP) is 4.29. The number of carboxylic acid groups (broad SMARTS) is 1. The summed E-state index contributed by atoms with van der Waals surface area (Å²) >= 11 is 0. The number of aromatic nitrogens is 2. The Balaban J connectivity index is 1.46. The molecule has 9 nitrogen and oxygen atoms in total. The number of aromatic carboxylic acids is 1. The minimum Gasteiger partial charge on any atom is -0.492 e. The van der Waals surface area contributed by atoms with E-state index < -0.39 is 11.4 Å². The Morgan fingerprint density at radius 3 is 2.40 bits per heavy atom. The molecule has 0 atom stereocenters. The van der Waals surface area contributed by atoms with Crippen LogP contribution in [0.3, 0.4) is 0 Å². The molecule has 1 amide bonds. The van der Waals surface area contributed by atoms with Crippen LogP contribution in [0.4, 0.5) is 5.95 Å². The summed E-state index contributed by atoms with van der Waals surface area (Å²) in [5.74, 6) is 0.845. The molecule has 4 N–H and O–H groups in total. The van der Waals surface area contributed by atoms with E-state index in [0.717, 1.165) is 23.3 Å². The lowest BCUT2D eigenvalue weighted by atomic mass is 9.73. The van der Waals surface area contributed by atoms with Crippen LogP contribution in [-0.4, -0.2) is 59.7 Å². The number of nitrogens with one attached hydrogen (secondary N) is 1. The molecular weight excluding hydrogens is 530 g/mol. The summed E-state index contributed by atoms with van der Waals surface area (Å²) in [5, 5.41) is 13.0. The van der Waals surface area contributed by atoms with Gasteiger partial charge in [0.1, 0.15) is 12.4 Å². The van der Waals surface area contributed by atoms with Crippen LogP contribution >= 0.6 is 0 Å². The van der Waals surface area contributed by atoms with Crippen LogP contribution < -0.4 is 20.7 Å². The lowest BCUT2D eigenvalue weighted by molar-refractivity contribution is -0.132. The lowest BCUT2D eigenvalue weighted by Crippen LogP contribution is -2.50. The van der Waals surface area contributed by atoms with Crippen LogP contribution in [0.2, 0.25) is 0 Å². The standard InChI is InChI=1S/C33H43N5O4/c1-24(2)14-18-35-31(41)33(22-26-6-4-3-5-7-26)15-19-38(20-16-33)32-36-23-28(30(39)40)29(37-32)13-10-25-8-11-27(12-9-25)42-21-17-34/h3-9,11-12,23-24H,10,13-22,34H2,1-2H3,(H,35,41)(H,39,40). The van der Waals surface area contributed by atoms with E-state index in [-0.39, 0.29) is 11.5 Å². The van der Waals surface area contributed by atoms with E-state index in [1.54, 1.807) is 0 Å². The minimum absolute atomic E-state index is 0.105. The first-order valence-corrected chi connectivity index (χ1v) is 14.9. The molecule has 4 rings (SSSR count). The van der Waals surface area contributed by atoms with Gasteiger partial charge in [0, 0.05) is 32.4 Å². The zero-order valence-electron chi connectivity index (χ0n) is 24.7. The fourth-order valence-corrected chi connectivity index (χ4v) is 5.39. The van der Waals surface area contributed by atoms with E-state index in [1.807, 2.05) is 42.5 Å². The number of ether oxygens (including phenoxy) is 1. The van der Waals surface area contributed by atoms with Crippen LogP contribution in [0.1, 0.15) is 60.3 Å². The second-order valence-corrected chi connectivity index (χ2v) is 11.5. The molecule has 3 aromatic rings. The SMILES string of the molecule is CC(C)CCNC(=O)C1(Cc2ccccc2)CCN(c2ncc(C(=O)O)c(CCc3ccc(OCCN)cc3)n2)CC1. The fourth-order valence-electron chi connectivity index (χ4n) is 5.39. The summed E-state index contributed by atoms with van der Waals surface area (Å²) in [7, 11) is 0. The third-order valence-electron chi connectivity index (χ3n) is 7.92. The van der Waals surface area contributed by atoms with Gasteiger partial charge < -0.3 is 25.8 Å². The second kappa shape index (κ2) is 14.8. The summed E-state index contributed by atoms with van der Waals surface area (Å²) in [4.78, 5) is 36.8. The Labute approximate surface area is 248 Å². The van der Waals surface area contributed by atoms with Crippen molar-refractivity contribution in [3.05, 3.63) is 83.2 Å². The van der Waals surface area contributed by atoms with Crippen molar-refractivity contribution in [2.75, 3.05) is 37.7 Å². The van der Waals surface area contributed by atoms with Gasteiger partial charge in [-0.05, 0) is 67.7 Å². The number of benzene rings is 2. The molecule has 224 valence electrons. The molecule has 0 aliphatic carbocycles. The minimum atomic E-state index is -1.04. The van der Waals surface area contributed by atoms with Crippen molar-refractivity contribution < 1.29 is 19.4 Å². The normalized spacial score (nSPS) is 14.5. The first-order chi connectivity index (χ1) is 20.3. The van der Waals surface area contributed by atoms with Gasteiger partial charge in [0.25, 0.3) is 0 Å². The number of carbonyl (C=O) groups excluding carboxylic acids is 1. The molecule has 2 aromatic carbocycles. The summed E-state index contributed by atoms with van der Waals surface area (Å²) < 4.78 is 5.54. The molecule has 1 aromatic heterocycles. The molecular formula is C33H43N5O4. The fraction of sp³-hybridized carbons (Fsp3) is 0.455. The van der Waals surface area contributed by atoms with Gasteiger partial charge in [-0.15, -0.1) is 0 Å². The zero-order chi connectivity index (χ0) is 30.0. The summed E-state index contributed by atoms with van der Waals surface area (Å²) in [6.07, 6.45) is 5.44. The van der Waals surface area contributed by atoms with Crippen molar-refractivity contribution in [1.82, 2.24) is 15.3 Å². The summed E-state index contributed by atoms with van der Waals surface area (Å²) in [5.41, 5.74) is 7.80. The van der Waals surface area contributed by atoms with Crippen molar-refractivity contribution in [2.24, 2.45) is 17.1 Å². The molecule has 2 heterocycles. The maximum absolute atomic E-state index is 13.6. The predicted molar refractivity (Wildman–Crippen MR) is 164 cm³/mol. The highest BCUT2D eigenvalue weighted by Crippen LogP contribution is 2.37. The van der Waals surface area contributed by atoms with Gasteiger partial charge in [-0.25, -0.2) is 14.8 Å². The van der Waals surface area contributed by atoms with E-state index in [0.29, 0.717) is 82.5 Å². The van der Waals surface area contributed by atoms with Crippen molar-refractivity contribution in [2.45, 2.75) is 52.4 Å². The van der Waals surface area contributed by atoms with E-state index in [9.17, 15) is 14.7 Å². The van der Waals surface area contributed by atoms with Gasteiger partial charge in [0.05, 0.1) is 16.7 Å².